The van der Waals surface area contributed by atoms with E-state index in [1.165, 1.54) is 23.5 Å². The van der Waals surface area contributed by atoms with Crippen molar-refractivity contribution in [2.24, 2.45) is 0 Å². The predicted octanol–water partition coefficient (Wildman–Crippen LogP) is 2.49. The zero-order valence-corrected chi connectivity index (χ0v) is 13.0. The Morgan fingerprint density at radius 3 is 2.61 bits per heavy atom. The molecule has 2 heterocycles. The van der Waals surface area contributed by atoms with Gasteiger partial charge in [0.05, 0.1) is 4.88 Å². The van der Waals surface area contributed by atoms with Crippen LogP contribution in [0.2, 0.25) is 0 Å². The first-order chi connectivity index (χ1) is 11.1. The fraction of sp³-hybridized carbons (Fsp3) is 0.250. The second-order valence-corrected chi connectivity index (χ2v) is 6.20. The van der Waals surface area contributed by atoms with Crippen molar-refractivity contribution >= 4 is 23.2 Å². The van der Waals surface area contributed by atoms with Crippen molar-refractivity contribution in [3.8, 4) is 10.4 Å². The smallest absolute Gasteiger partial charge is 0.279 e. The number of hydrogen-bond acceptors (Lipinski definition) is 4. The number of benzene rings is 1. The number of halogens is 1. The third-order valence-corrected chi connectivity index (χ3v) is 4.61. The van der Waals surface area contributed by atoms with Gasteiger partial charge in [-0.05, 0) is 42.7 Å². The number of carbonyl (C=O) groups is 2. The summed E-state index contributed by atoms with van der Waals surface area (Å²) in [6.07, 6.45) is 1.02. The number of hydrazine groups is 1. The van der Waals surface area contributed by atoms with Crippen molar-refractivity contribution in [1.82, 2.24) is 10.9 Å². The summed E-state index contributed by atoms with van der Waals surface area (Å²) in [5, 5.41) is 0. The molecular weight excluding hydrogens is 319 g/mol. The van der Waals surface area contributed by atoms with Gasteiger partial charge in [-0.3, -0.25) is 20.4 Å². The van der Waals surface area contributed by atoms with Gasteiger partial charge in [-0.1, -0.05) is 12.1 Å². The maximum Gasteiger partial charge on any atom is 0.279 e. The Bertz CT molecular complexity index is 708. The van der Waals surface area contributed by atoms with E-state index in [-0.39, 0.29) is 11.7 Å². The Kier molecular flexibility index (Phi) is 4.68. The molecule has 23 heavy (non-hydrogen) atoms. The van der Waals surface area contributed by atoms with E-state index >= 15 is 0 Å². The molecule has 0 spiro atoms. The Morgan fingerprint density at radius 1 is 1.13 bits per heavy atom. The molecule has 120 valence electrons. The van der Waals surface area contributed by atoms with Gasteiger partial charge in [-0.15, -0.1) is 11.3 Å². The Labute approximate surface area is 136 Å². The summed E-state index contributed by atoms with van der Waals surface area (Å²) in [4.78, 5) is 25.1. The maximum absolute atomic E-state index is 12.9. The van der Waals surface area contributed by atoms with E-state index in [1.807, 2.05) is 0 Å². The van der Waals surface area contributed by atoms with Gasteiger partial charge in [0.25, 0.3) is 11.8 Å². The van der Waals surface area contributed by atoms with Crippen molar-refractivity contribution in [2.45, 2.75) is 18.9 Å². The zero-order chi connectivity index (χ0) is 16.2. The molecule has 2 N–H and O–H groups in total. The second kappa shape index (κ2) is 6.89. The molecular formula is C16H15FN2O3S. The van der Waals surface area contributed by atoms with Gasteiger partial charge >= 0.3 is 0 Å². The first kappa shape index (κ1) is 15.6. The summed E-state index contributed by atoms with van der Waals surface area (Å²) in [6.45, 7) is 0.567. The number of amides is 2. The molecule has 2 aromatic rings. The van der Waals surface area contributed by atoms with E-state index < -0.39 is 12.0 Å². The van der Waals surface area contributed by atoms with Crippen LogP contribution in [0.4, 0.5) is 4.39 Å². The van der Waals surface area contributed by atoms with Gasteiger partial charge in [0.1, 0.15) is 11.9 Å². The van der Waals surface area contributed by atoms with Crippen molar-refractivity contribution in [3.05, 3.63) is 47.1 Å². The minimum atomic E-state index is -0.492. The molecule has 0 unspecified atom stereocenters. The van der Waals surface area contributed by atoms with Gasteiger partial charge in [0.15, 0.2) is 0 Å². The lowest BCUT2D eigenvalue weighted by Crippen LogP contribution is -2.46. The van der Waals surface area contributed by atoms with Gasteiger partial charge in [0.2, 0.25) is 0 Å². The summed E-state index contributed by atoms with van der Waals surface area (Å²) < 4.78 is 18.2. The van der Waals surface area contributed by atoms with Gasteiger partial charge in [-0.25, -0.2) is 4.39 Å². The van der Waals surface area contributed by atoms with Crippen molar-refractivity contribution < 1.29 is 18.7 Å². The topological polar surface area (TPSA) is 67.4 Å². The lowest BCUT2D eigenvalue weighted by molar-refractivity contribution is -0.130. The number of ether oxygens (including phenoxy) is 1. The van der Waals surface area contributed by atoms with Crippen molar-refractivity contribution in [2.75, 3.05) is 6.61 Å². The van der Waals surface area contributed by atoms with Crippen LogP contribution in [0, 0.1) is 5.82 Å². The van der Waals surface area contributed by atoms with Crippen LogP contribution in [0.3, 0.4) is 0 Å². The minimum absolute atomic E-state index is 0.305. The van der Waals surface area contributed by atoms with E-state index in [2.05, 4.69) is 10.9 Å². The monoisotopic (exact) mass is 334 g/mol. The Balaban J connectivity index is 1.59. The Hall–Kier alpha value is -2.25. The summed E-state index contributed by atoms with van der Waals surface area (Å²) >= 11 is 1.27. The minimum Gasteiger partial charge on any atom is -0.368 e. The Morgan fingerprint density at radius 2 is 1.91 bits per heavy atom. The number of rotatable bonds is 3. The molecule has 0 saturated carbocycles. The van der Waals surface area contributed by atoms with Crippen LogP contribution < -0.4 is 10.9 Å². The van der Waals surface area contributed by atoms with Crippen molar-refractivity contribution in [1.29, 1.82) is 0 Å². The summed E-state index contributed by atoms with van der Waals surface area (Å²) in [6, 6.07) is 9.50. The summed E-state index contributed by atoms with van der Waals surface area (Å²) in [5.41, 5.74) is 5.59. The highest BCUT2D eigenvalue weighted by Crippen LogP contribution is 2.28. The molecule has 1 aromatic heterocycles. The second-order valence-electron chi connectivity index (χ2n) is 5.12. The van der Waals surface area contributed by atoms with E-state index in [4.69, 9.17) is 4.74 Å². The molecule has 0 aliphatic carbocycles. The lowest BCUT2D eigenvalue weighted by Gasteiger charge is -2.10. The van der Waals surface area contributed by atoms with Gasteiger partial charge in [-0.2, -0.15) is 0 Å². The molecule has 1 aromatic carbocycles. The highest BCUT2D eigenvalue weighted by molar-refractivity contribution is 7.17. The fourth-order valence-electron chi connectivity index (χ4n) is 2.27. The molecule has 1 fully saturated rings. The normalized spacial score (nSPS) is 17.0. The maximum atomic E-state index is 12.9. The van der Waals surface area contributed by atoms with E-state index in [0.717, 1.165) is 16.9 Å². The van der Waals surface area contributed by atoms with Gasteiger partial charge < -0.3 is 4.74 Å². The zero-order valence-electron chi connectivity index (χ0n) is 12.2. The van der Waals surface area contributed by atoms with Crippen LogP contribution in [0.5, 0.6) is 0 Å². The molecule has 0 bridgehead atoms. The quantitative estimate of drug-likeness (QED) is 0.848. The summed E-state index contributed by atoms with van der Waals surface area (Å²) in [7, 11) is 0. The average Bonchev–Trinajstić information content (AvgIpc) is 3.24. The predicted molar refractivity (Wildman–Crippen MR) is 84.3 cm³/mol. The SMILES string of the molecule is O=C(NNC(=O)[C@H]1CCCO1)c1ccc(-c2ccc(F)cc2)s1. The highest BCUT2D eigenvalue weighted by Gasteiger charge is 2.24. The standard InChI is InChI=1S/C16H15FN2O3S/c17-11-5-3-10(4-6-11)13-7-8-14(23-13)16(21)19-18-15(20)12-2-1-9-22-12/h3-8,12H,1-2,9H2,(H,18,20)(H,19,21)/t12-/m1/s1. The number of thiophene rings is 1. The van der Waals surface area contributed by atoms with Gasteiger partial charge in [0, 0.05) is 11.5 Å². The third-order valence-electron chi connectivity index (χ3n) is 3.48. The first-order valence-electron chi connectivity index (χ1n) is 7.21. The molecule has 2 amide bonds. The summed E-state index contributed by atoms with van der Waals surface area (Å²) in [5.74, 6) is -1.04. The molecule has 3 rings (SSSR count). The molecule has 7 heteroatoms. The molecule has 1 aliphatic heterocycles. The van der Waals surface area contributed by atoms with Crippen LogP contribution >= 0.6 is 11.3 Å². The molecule has 1 saturated heterocycles. The largest absolute Gasteiger partial charge is 0.368 e. The number of nitrogens with one attached hydrogen (secondary N) is 2. The van der Waals surface area contributed by atoms with E-state index in [0.29, 0.717) is 17.9 Å². The first-order valence-corrected chi connectivity index (χ1v) is 8.03. The van der Waals surface area contributed by atoms with Crippen molar-refractivity contribution in [3.63, 3.8) is 0 Å². The molecule has 1 atom stereocenters. The van der Waals surface area contributed by atoms with Crippen LogP contribution in [-0.4, -0.2) is 24.5 Å². The van der Waals surface area contributed by atoms with E-state index in [1.54, 1.807) is 24.3 Å². The third kappa shape index (κ3) is 3.75. The van der Waals surface area contributed by atoms with Crippen LogP contribution in [0.1, 0.15) is 22.5 Å². The molecule has 0 radical (unpaired) electrons. The van der Waals surface area contributed by atoms with Crippen LogP contribution in [0.25, 0.3) is 10.4 Å². The van der Waals surface area contributed by atoms with E-state index in [9.17, 15) is 14.0 Å². The fourth-order valence-corrected chi connectivity index (χ4v) is 3.18. The van der Waals surface area contributed by atoms with Crippen LogP contribution in [-0.2, 0) is 9.53 Å². The lowest BCUT2D eigenvalue weighted by atomic mass is 10.2. The number of hydrogen-bond donors (Lipinski definition) is 2. The highest BCUT2D eigenvalue weighted by atomic mass is 32.1. The molecule has 5 nitrogen and oxygen atoms in total. The number of carbonyl (C=O) groups excluding carboxylic acids is 2. The van der Waals surface area contributed by atoms with Crippen LogP contribution in [0.15, 0.2) is 36.4 Å². The molecule has 1 aliphatic rings. The average molecular weight is 334 g/mol.